The molecule has 136 valence electrons. The third kappa shape index (κ3) is 3.76. The second kappa shape index (κ2) is 7.94. The number of nitrogens with zero attached hydrogens (tertiary/aromatic N) is 5. The van der Waals surface area contributed by atoms with E-state index in [1.54, 1.807) is 18.0 Å². The van der Waals surface area contributed by atoms with E-state index in [1.807, 2.05) is 30.5 Å². The van der Waals surface area contributed by atoms with E-state index < -0.39 is 5.41 Å². The van der Waals surface area contributed by atoms with Crippen molar-refractivity contribution < 1.29 is 4.79 Å². The number of nitriles is 1. The Hall–Kier alpha value is -2.30. The second-order valence-electron chi connectivity index (χ2n) is 6.57. The maximum absolute atomic E-state index is 11.7. The molecule has 1 fully saturated rings. The lowest BCUT2D eigenvalue weighted by Crippen LogP contribution is -2.42. The lowest BCUT2D eigenvalue weighted by molar-refractivity contribution is -0.116. The Morgan fingerprint density at radius 2 is 2.19 bits per heavy atom. The molecule has 0 radical (unpaired) electrons. The summed E-state index contributed by atoms with van der Waals surface area (Å²) in [6, 6.07) is 8.28. The van der Waals surface area contributed by atoms with Crippen LogP contribution in [-0.4, -0.2) is 40.4 Å². The van der Waals surface area contributed by atoms with Crippen molar-refractivity contribution in [2.75, 3.05) is 24.5 Å². The number of anilines is 1. The lowest BCUT2D eigenvalue weighted by atomic mass is 9.76. The van der Waals surface area contributed by atoms with E-state index in [1.165, 1.54) is 11.3 Å². The Bertz CT molecular complexity index is 790. The van der Waals surface area contributed by atoms with Crippen molar-refractivity contribution >= 4 is 22.4 Å². The van der Waals surface area contributed by atoms with Crippen LogP contribution in [0.15, 0.2) is 29.8 Å². The van der Waals surface area contributed by atoms with Crippen molar-refractivity contribution in [2.24, 2.45) is 0 Å². The Morgan fingerprint density at radius 3 is 2.77 bits per heavy atom. The second-order valence-corrected chi connectivity index (χ2v) is 7.41. The molecule has 0 aromatic carbocycles. The topological polar surface area (TPSA) is 73.1 Å². The summed E-state index contributed by atoms with van der Waals surface area (Å²) in [5.74, 6) is 0.0144. The average Bonchev–Trinajstić information content (AvgIpc) is 3.11. The predicted molar refractivity (Wildman–Crippen MR) is 102 cm³/mol. The van der Waals surface area contributed by atoms with Crippen molar-refractivity contribution in [3.05, 3.63) is 41.2 Å². The highest BCUT2D eigenvalue weighted by atomic mass is 32.1. The van der Waals surface area contributed by atoms with Crippen LogP contribution < -0.4 is 4.90 Å². The van der Waals surface area contributed by atoms with E-state index in [9.17, 15) is 10.1 Å². The fraction of sp³-hybridized carbons (Fsp3) is 0.474. The van der Waals surface area contributed by atoms with Gasteiger partial charge in [-0.05, 0) is 31.9 Å². The Morgan fingerprint density at radius 1 is 1.42 bits per heavy atom. The zero-order valence-corrected chi connectivity index (χ0v) is 16.0. The molecule has 0 aliphatic carbocycles. The SMILES string of the molecule is CCN(C(C)=O)c1nc(CN2CCC(C#N)(c3ccccn3)CC2)cs1. The number of piperidine rings is 1. The molecule has 0 bridgehead atoms. The molecule has 26 heavy (non-hydrogen) atoms. The Kier molecular flexibility index (Phi) is 5.64. The van der Waals surface area contributed by atoms with Gasteiger partial charge in [0.25, 0.3) is 0 Å². The van der Waals surface area contributed by atoms with Crippen LogP contribution in [0.3, 0.4) is 0 Å². The summed E-state index contributed by atoms with van der Waals surface area (Å²) in [6.07, 6.45) is 3.30. The van der Waals surface area contributed by atoms with Gasteiger partial charge in [-0.25, -0.2) is 4.98 Å². The standard InChI is InChI=1S/C19H23N5OS/c1-3-24(15(2)25)18-22-16(13-26-18)12-23-10-7-19(14-20,8-11-23)17-6-4-5-9-21-17/h4-6,9,13H,3,7-8,10-12H2,1-2H3. The lowest BCUT2D eigenvalue weighted by Gasteiger charge is -2.36. The minimum atomic E-state index is -0.487. The van der Waals surface area contributed by atoms with Crippen molar-refractivity contribution in [2.45, 2.75) is 38.6 Å². The number of likely N-dealkylation sites (tertiary alicyclic amines) is 1. The fourth-order valence-electron chi connectivity index (χ4n) is 3.38. The molecule has 1 aliphatic heterocycles. The van der Waals surface area contributed by atoms with Gasteiger partial charge in [-0.2, -0.15) is 5.26 Å². The van der Waals surface area contributed by atoms with Crippen molar-refractivity contribution in [1.82, 2.24) is 14.9 Å². The van der Waals surface area contributed by atoms with Crippen LogP contribution in [0.5, 0.6) is 0 Å². The number of carbonyl (C=O) groups is 1. The number of amides is 1. The van der Waals surface area contributed by atoms with Crippen LogP contribution in [0.1, 0.15) is 38.1 Å². The number of thiazole rings is 1. The van der Waals surface area contributed by atoms with Gasteiger partial charge >= 0.3 is 0 Å². The van der Waals surface area contributed by atoms with Crippen molar-refractivity contribution in [1.29, 1.82) is 5.26 Å². The van der Waals surface area contributed by atoms with Crippen LogP contribution in [0, 0.1) is 11.3 Å². The van der Waals surface area contributed by atoms with Gasteiger partial charge in [0.15, 0.2) is 5.13 Å². The van der Waals surface area contributed by atoms with Crippen LogP contribution in [0.25, 0.3) is 0 Å². The zero-order chi connectivity index (χ0) is 18.6. The van der Waals surface area contributed by atoms with Gasteiger partial charge < -0.3 is 0 Å². The van der Waals surface area contributed by atoms with Crippen molar-refractivity contribution in [3.8, 4) is 6.07 Å². The third-order valence-corrected chi connectivity index (χ3v) is 5.84. The van der Waals surface area contributed by atoms with E-state index >= 15 is 0 Å². The quantitative estimate of drug-likeness (QED) is 0.810. The molecule has 7 heteroatoms. The largest absolute Gasteiger partial charge is 0.297 e. The number of carbonyl (C=O) groups excluding carboxylic acids is 1. The highest BCUT2D eigenvalue weighted by molar-refractivity contribution is 7.14. The number of aromatic nitrogens is 2. The molecule has 3 heterocycles. The number of hydrogen-bond acceptors (Lipinski definition) is 6. The molecular weight excluding hydrogens is 346 g/mol. The molecule has 0 saturated carbocycles. The maximum Gasteiger partial charge on any atom is 0.225 e. The Labute approximate surface area is 158 Å². The summed E-state index contributed by atoms with van der Waals surface area (Å²) in [6.45, 7) is 6.55. The molecule has 1 saturated heterocycles. The van der Waals surface area contributed by atoms with E-state index in [-0.39, 0.29) is 5.91 Å². The molecule has 6 nitrogen and oxygen atoms in total. The number of rotatable bonds is 5. The monoisotopic (exact) mass is 369 g/mol. The molecule has 1 aliphatic rings. The van der Waals surface area contributed by atoms with Gasteiger partial charge in [0, 0.05) is 44.7 Å². The van der Waals surface area contributed by atoms with Crippen LogP contribution >= 0.6 is 11.3 Å². The third-order valence-electron chi connectivity index (χ3n) is 4.93. The summed E-state index contributed by atoms with van der Waals surface area (Å²) in [5, 5.41) is 12.5. The summed E-state index contributed by atoms with van der Waals surface area (Å²) in [7, 11) is 0. The average molecular weight is 369 g/mol. The molecule has 0 unspecified atom stereocenters. The first-order chi connectivity index (χ1) is 12.6. The predicted octanol–water partition coefficient (Wildman–Crippen LogP) is 2.97. The molecule has 0 spiro atoms. The normalized spacial score (nSPS) is 16.8. The van der Waals surface area contributed by atoms with Crippen LogP contribution in [0.2, 0.25) is 0 Å². The van der Waals surface area contributed by atoms with Gasteiger partial charge in [0.05, 0.1) is 17.5 Å². The Balaban J connectivity index is 1.64. The molecule has 2 aromatic heterocycles. The highest BCUT2D eigenvalue weighted by Gasteiger charge is 2.37. The molecule has 2 aromatic rings. The van der Waals surface area contributed by atoms with Gasteiger partial charge in [-0.3, -0.25) is 19.6 Å². The van der Waals surface area contributed by atoms with Gasteiger partial charge in [0.1, 0.15) is 5.41 Å². The van der Waals surface area contributed by atoms with E-state index in [0.29, 0.717) is 6.54 Å². The highest BCUT2D eigenvalue weighted by Crippen LogP contribution is 2.34. The minimum absolute atomic E-state index is 0.0144. The van der Waals surface area contributed by atoms with Gasteiger partial charge in [0.2, 0.25) is 5.91 Å². The van der Waals surface area contributed by atoms with Gasteiger partial charge in [-0.15, -0.1) is 11.3 Å². The minimum Gasteiger partial charge on any atom is -0.297 e. The number of pyridine rings is 1. The molecule has 1 amide bonds. The first-order valence-corrected chi connectivity index (χ1v) is 9.73. The van der Waals surface area contributed by atoms with Crippen LogP contribution in [-0.2, 0) is 16.8 Å². The molecular formula is C19H23N5OS. The molecule has 0 atom stereocenters. The summed E-state index contributed by atoms with van der Waals surface area (Å²) >= 11 is 1.51. The van der Waals surface area contributed by atoms with Crippen LogP contribution in [0.4, 0.5) is 5.13 Å². The van der Waals surface area contributed by atoms with E-state index in [0.717, 1.165) is 49.0 Å². The van der Waals surface area contributed by atoms with Gasteiger partial charge in [-0.1, -0.05) is 6.07 Å². The summed E-state index contributed by atoms with van der Waals surface area (Å²) < 4.78 is 0. The smallest absolute Gasteiger partial charge is 0.225 e. The van der Waals surface area contributed by atoms with E-state index in [4.69, 9.17) is 0 Å². The zero-order valence-electron chi connectivity index (χ0n) is 15.2. The first-order valence-electron chi connectivity index (χ1n) is 8.85. The summed E-state index contributed by atoms with van der Waals surface area (Å²) in [4.78, 5) is 24.7. The molecule has 0 N–H and O–H groups in total. The summed E-state index contributed by atoms with van der Waals surface area (Å²) in [5.41, 5.74) is 1.36. The number of hydrogen-bond donors (Lipinski definition) is 0. The maximum atomic E-state index is 11.7. The molecule has 3 rings (SSSR count). The first kappa shape index (κ1) is 18.5. The van der Waals surface area contributed by atoms with E-state index in [2.05, 4.69) is 20.9 Å². The van der Waals surface area contributed by atoms with Crippen molar-refractivity contribution in [3.63, 3.8) is 0 Å². The fourth-order valence-corrected chi connectivity index (χ4v) is 4.30.